The van der Waals surface area contributed by atoms with Gasteiger partial charge in [-0.15, -0.1) is 0 Å². The Labute approximate surface area is 96.9 Å². The average Bonchev–Trinajstić information content (AvgIpc) is 2.10. The van der Waals surface area contributed by atoms with E-state index >= 15 is 0 Å². The van der Waals surface area contributed by atoms with Crippen LogP contribution in [0.5, 0.6) is 0 Å². The molecule has 14 heavy (non-hydrogen) atoms. The molecule has 0 unspecified atom stereocenters. The molecule has 74 valence electrons. The lowest BCUT2D eigenvalue weighted by Crippen LogP contribution is -2.24. The predicted octanol–water partition coefficient (Wildman–Crippen LogP) is 2.16. The number of nitrogens with two attached hydrogens (primary N) is 1. The zero-order chi connectivity index (χ0) is 10.6. The van der Waals surface area contributed by atoms with E-state index in [-0.39, 0.29) is 5.11 Å². The van der Waals surface area contributed by atoms with Gasteiger partial charge in [-0.3, -0.25) is 5.43 Å². The van der Waals surface area contributed by atoms with Crippen molar-refractivity contribution in [2.24, 2.45) is 10.8 Å². The molecule has 0 aliphatic rings. The minimum absolute atomic E-state index is 0.0967. The summed E-state index contributed by atoms with van der Waals surface area (Å²) in [6.45, 7) is 0. The van der Waals surface area contributed by atoms with Crippen molar-refractivity contribution in [1.29, 1.82) is 0 Å². The Morgan fingerprint density at radius 3 is 2.86 bits per heavy atom. The van der Waals surface area contributed by atoms with Crippen molar-refractivity contribution >= 4 is 46.7 Å². The third-order valence-electron chi connectivity index (χ3n) is 1.34. The molecule has 0 spiro atoms. The van der Waals surface area contributed by atoms with Crippen LogP contribution in [0.15, 0.2) is 23.3 Å². The SMILES string of the molecule is NC(=S)N/N=C/c1cc(Cl)ccc1Cl. The lowest BCUT2D eigenvalue weighted by molar-refractivity contribution is 1.04. The summed E-state index contributed by atoms with van der Waals surface area (Å²) in [4.78, 5) is 0. The quantitative estimate of drug-likeness (QED) is 0.479. The molecule has 3 nitrogen and oxygen atoms in total. The predicted molar refractivity (Wildman–Crippen MR) is 64.0 cm³/mol. The Morgan fingerprint density at radius 2 is 2.21 bits per heavy atom. The molecule has 1 aromatic carbocycles. The van der Waals surface area contributed by atoms with Gasteiger partial charge in [0.15, 0.2) is 5.11 Å². The minimum Gasteiger partial charge on any atom is -0.375 e. The van der Waals surface area contributed by atoms with Gasteiger partial charge < -0.3 is 5.73 Å². The molecular weight excluding hydrogens is 241 g/mol. The van der Waals surface area contributed by atoms with Crippen LogP contribution in [0.25, 0.3) is 0 Å². The van der Waals surface area contributed by atoms with Gasteiger partial charge in [-0.05, 0) is 30.4 Å². The fourth-order valence-electron chi connectivity index (χ4n) is 0.779. The Bertz CT molecular complexity index is 379. The summed E-state index contributed by atoms with van der Waals surface area (Å²) in [5.74, 6) is 0. The Kier molecular flexibility index (Phi) is 4.13. The number of hydrogen-bond donors (Lipinski definition) is 2. The molecule has 6 heteroatoms. The molecule has 0 radical (unpaired) electrons. The molecule has 1 aromatic rings. The number of hydrazone groups is 1. The highest BCUT2D eigenvalue weighted by atomic mass is 35.5. The van der Waals surface area contributed by atoms with Crippen LogP contribution in [-0.2, 0) is 0 Å². The third kappa shape index (κ3) is 3.49. The van der Waals surface area contributed by atoms with E-state index < -0.39 is 0 Å². The van der Waals surface area contributed by atoms with Crippen LogP contribution in [0, 0.1) is 0 Å². The first-order valence-electron chi connectivity index (χ1n) is 3.63. The van der Waals surface area contributed by atoms with Crippen molar-refractivity contribution in [1.82, 2.24) is 5.43 Å². The number of rotatable bonds is 2. The highest BCUT2D eigenvalue weighted by molar-refractivity contribution is 7.80. The van der Waals surface area contributed by atoms with Gasteiger partial charge in [-0.2, -0.15) is 5.10 Å². The lowest BCUT2D eigenvalue weighted by Gasteiger charge is -1.98. The molecule has 0 bridgehead atoms. The van der Waals surface area contributed by atoms with E-state index in [4.69, 9.17) is 28.9 Å². The Hall–Kier alpha value is -0.840. The normalized spacial score (nSPS) is 10.4. The van der Waals surface area contributed by atoms with E-state index in [0.717, 1.165) is 0 Å². The van der Waals surface area contributed by atoms with E-state index in [9.17, 15) is 0 Å². The zero-order valence-electron chi connectivity index (χ0n) is 7.00. The van der Waals surface area contributed by atoms with Crippen LogP contribution >= 0.6 is 35.4 Å². The first-order chi connectivity index (χ1) is 6.59. The van der Waals surface area contributed by atoms with Crippen LogP contribution in [0.4, 0.5) is 0 Å². The van der Waals surface area contributed by atoms with Gasteiger partial charge in [0, 0.05) is 15.6 Å². The summed E-state index contributed by atoms with van der Waals surface area (Å²) in [6, 6.07) is 5.07. The standard InChI is InChI=1S/C8H7Cl2N3S/c9-6-1-2-7(10)5(3-6)4-12-13-8(11)14/h1-4H,(H3,11,13,14)/b12-4+. The van der Waals surface area contributed by atoms with Crippen molar-refractivity contribution in [3.05, 3.63) is 33.8 Å². The summed E-state index contributed by atoms with van der Waals surface area (Å²) in [7, 11) is 0. The molecule has 0 saturated carbocycles. The van der Waals surface area contributed by atoms with Crippen LogP contribution in [0.2, 0.25) is 10.0 Å². The average molecular weight is 248 g/mol. The highest BCUT2D eigenvalue weighted by Gasteiger charge is 1.97. The van der Waals surface area contributed by atoms with E-state index in [2.05, 4.69) is 22.7 Å². The fourth-order valence-corrected chi connectivity index (χ4v) is 1.18. The second kappa shape index (κ2) is 5.14. The number of benzene rings is 1. The summed E-state index contributed by atoms with van der Waals surface area (Å²) in [5, 5.41) is 5.00. The topological polar surface area (TPSA) is 50.4 Å². The van der Waals surface area contributed by atoms with Crippen LogP contribution < -0.4 is 11.2 Å². The summed E-state index contributed by atoms with van der Waals surface area (Å²) in [6.07, 6.45) is 1.49. The summed E-state index contributed by atoms with van der Waals surface area (Å²) in [5.41, 5.74) is 8.29. The van der Waals surface area contributed by atoms with Gasteiger partial charge in [0.2, 0.25) is 0 Å². The number of halogens is 2. The largest absolute Gasteiger partial charge is 0.375 e. The van der Waals surface area contributed by atoms with Crippen molar-refractivity contribution < 1.29 is 0 Å². The maximum atomic E-state index is 5.87. The van der Waals surface area contributed by atoms with E-state index in [0.29, 0.717) is 15.6 Å². The van der Waals surface area contributed by atoms with Crippen molar-refractivity contribution in [2.75, 3.05) is 0 Å². The number of nitrogens with zero attached hydrogens (tertiary/aromatic N) is 1. The minimum atomic E-state index is 0.0967. The van der Waals surface area contributed by atoms with Gasteiger partial charge in [0.25, 0.3) is 0 Å². The van der Waals surface area contributed by atoms with Gasteiger partial charge in [-0.25, -0.2) is 0 Å². The number of hydrogen-bond acceptors (Lipinski definition) is 2. The van der Waals surface area contributed by atoms with Gasteiger partial charge in [-0.1, -0.05) is 23.2 Å². The molecule has 0 heterocycles. The lowest BCUT2D eigenvalue weighted by atomic mass is 10.2. The van der Waals surface area contributed by atoms with Gasteiger partial charge >= 0.3 is 0 Å². The first kappa shape index (κ1) is 11.2. The van der Waals surface area contributed by atoms with E-state index in [1.165, 1.54) is 6.21 Å². The Morgan fingerprint density at radius 1 is 1.50 bits per heavy atom. The molecule has 0 saturated heterocycles. The fraction of sp³-hybridized carbons (Fsp3) is 0. The third-order valence-corrected chi connectivity index (χ3v) is 2.01. The second-order valence-electron chi connectivity index (χ2n) is 2.40. The first-order valence-corrected chi connectivity index (χ1v) is 4.79. The summed E-state index contributed by atoms with van der Waals surface area (Å²) < 4.78 is 0. The highest BCUT2D eigenvalue weighted by Crippen LogP contribution is 2.18. The smallest absolute Gasteiger partial charge is 0.184 e. The van der Waals surface area contributed by atoms with E-state index in [1.54, 1.807) is 18.2 Å². The van der Waals surface area contributed by atoms with E-state index in [1.807, 2.05) is 0 Å². The molecule has 0 amide bonds. The number of thiocarbonyl (C=S) groups is 1. The molecular formula is C8H7Cl2N3S. The van der Waals surface area contributed by atoms with Crippen molar-refractivity contribution in [2.45, 2.75) is 0 Å². The monoisotopic (exact) mass is 247 g/mol. The van der Waals surface area contributed by atoms with Gasteiger partial charge in [0.05, 0.1) is 6.21 Å². The molecule has 0 fully saturated rings. The molecule has 0 aliphatic carbocycles. The van der Waals surface area contributed by atoms with Crippen molar-refractivity contribution in [3.63, 3.8) is 0 Å². The summed E-state index contributed by atoms with van der Waals surface area (Å²) >= 11 is 16.2. The molecule has 1 rings (SSSR count). The molecule has 0 aliphatic heterocycles. The zero-order valence-corrected chi connectivity index (χ0v) is 9.33. The molecule has 0 atom stereocenters. The Balaban J connectivity index is 2.80. The van der Waals surface area contributed by atoms with Crippen LogP contribution in [0.3, 0.4) is 0 Å². The maximum Gasteiger partial charge on any atom is 0.184 e. The second-order valence-corrected chi connectivity index (χ2v) is 3.68. The number of nitrogens with one attached hydrogen (secondary N) is 1. The molecule has 3 N–H and O–H groups in total. The molecule has 0 aromatic heterocycles. The van der Waals surface area contributed by atoms with Crippen LogP contribution in [0.1, 0.15) is 5.56 Å². The van der Waals surface area contributed by atoms with Crippen molar-refractivity contribution in [3.8, 4) is 0 Å². The van der Waals surface area contributed by atoms with Gasteiger partial charge in [0.1, 0.15) is 0 Å². The van der Waals surface area contributed by atoms with Crippen LogP contribution in [-0.4, -0.2) is 11.3 Å². The maximum absolute atomic E-state index is 5.87.